The summed E-state index contributed by atoms with van der Waals surface area (Å²) in [5, 5.41) is 0. The Kier molecular flexibility index (Phi) is 4.42. The second kappa shape index (κ2) is 6.34. The first-order valence-electron chi connectivity index (χ1n) is 7.86. The molecule has 2 aromatic carbocycles. The standard InChI is InChI=1S/C19H19NO2.ClH/c21-18-16-9-4-5-10-17(16)19(22-18)11-6-12-20(14-19)13-15-7-2-1-3-8-15;/h1-5,7-10H,6,11-14H2;1H. The summed E-state index contributed by atoms with van der Waals surface area (Å²) in [7, 11) is 0. The molecule has 2 aliphatic rings. The zero-order chi connectivity index (χ0) is 15.0. The van der Waals surface area contributed by atoms with Gasteiger partial charge in [-0.3, -0.25) is 4.90 Å². The highest BCUT2D eigenvalue weighted by Crippen LogP contribution is 2.42. The molecule has 1 unspecified atom stereocenters. The molecule has 0 aliphatic carbocycles. The van der Waals surface area contributed by atoms with Crippen molar-refractivity contribution in [2.45, 2.75) is 25.0 Å². The molecule has 0 amide bonds. The van der Waals surface area contributed by atoms with Crippen LogP contribution in [0.2, 0.25) is 0 Å². The Morgan fingerprint density at radius 3 is 2.61 bits per heavy atom. The first kappa shape index (κ1) is 16.0. The number of carbonyl (C=O) groups is 1. The number of rotatable bonds is 2. The van der Waals surface area contributed by atoms with E-state index in [1.54, 1.807) is 0 Å². The van der Waals surface area contributed by atoms with Crippen molar-refractivity contribution in [2.24, 2.45) is 0 Å². The van der Waals surface area contributed by atoms with Crippen LogP contribution in [0.25, 0.3) is 0 Å². The van der Waals surface area contributed by atoms with Gasteiger partial charge >= 0.3 is 5.97 Å². The van der Waals surface area contributed by atoms with Gasteiger partial charge in [0.05, 0.1) is 5.56 Å². The lowest BCUT2D eigenvalue weighted by Gasteiger charge is -2.39. The number of benzene rings is 2. The minimum absolute atomic E-state index is 0. The highest BCUT2D eigenvalue weighted by atomic mass is 35.5. The van der Waals surface area contributed by atoms with Gasteiger partial charge in [0.15, 0.2) is 5.60 Å². The van der Waals surface area contributed by atoms with Crippen LogP contribution < -0.4 is 0 Å². The molecule has 2 aliphatic heterocycles. The van der Waals surface area contributed by atoms with Crippen LogP contribution in [0.1, 0.15) is 34.3 Å². The maximum Gasteiger partial charge on any atom is 0.339 e. The normalized spacial score (nSPS) is 23.2. The van der Waals surface area contributed by atoms with E-state index in [0.717, 1.165) is 43.6 Å². The van der Waals surface area contributed by atoms with E-state index in [1.165, 1.54) is 5.56 Å². The summed E-state index contributed by atoms with van der Waals surface area (Å²) in [6.45, 7) is 2.74. The third kappa shape index (κ3) is 2.87. The third-order valence-corrected chi connectivity index (χ3v) is 4.71. The number of hydrogen-bond acceptors (Lipinski definition) is 3. The fourth-order valence-electron chi connectivity index (χ4n) is 3.73. The predicted octanol–water partition coefficient (Wildman–Crippen LogP) is 3.77. The fraction of sp³-hybridized carbons (Fsp3) is 0.316. The van der Waals surface area contributed by atoms with Crippen LogP contribution in [0.5, 0.6) is 0 Å². The minimum Gasteiger partial charge on any atom is -0.449 e. The van der Waals surface area contributed by atoms with Crippen molar-refractivity contribution >= 4 is 18.4 Å². The Hall–Kier alpha value is -1.84. The topological polar surface area (TPSA) is 29.5 Å². The van der Waals surface area contributed by atoms with Gasteiger partial charge in [0, 0.05) is 18.7 Å². The summed E-state index contributed by atoms with van der Waals surface area (Å²) in [5.74, 6) is -0.169. The number of halogens is 1. The Morgan fingerprint density at radius 1 is 1.04 bits per heavy atom. The van der Waals surface area contributed by atoms with Crippen molar-refractivity contribution in [3.8, 4) is 0 Å². The zero-order valence-corrected chi connectivity index (χ0v) is 13.7. The lowest BCUT2D eigenvalue weighted by molar-refractivity contribution is -0.0513. The summed E-state index contributed by atoms with van der Waals surface area (Å²) in [5.41, 5.74) is 2.67. The van der Waals surface area contributed by atoms with E-state index in [4.69, 9.17) is 4.74 Å². The fourth-order valence-corrected chi connectivity index (χ4v) is 3.73. The van der Waals surface area contributed by atoms with Gasteiger partial charge in [-0.1, -0.05) is 48.5 Å². The number of piperidine rings is 1. The Labute approximate surface area is 142 Å². The van der Waals surface area contributed by atoms with Crippen LogP contribution in [0.4, 0.5) is 0 Å². The highest BCUT2D eigenvalue weighted by Gasteiger charge is 2.47. The van der Waals surface area contributed by atoms with Crippen molar-refractivity contribution in [3.05, 3.63) is 71.3 Å². The van der Waals surface area contributed by atoms with E-state index in [1.807, 2.05) is 30.3 Å². The molecular formula is C19H20ClNO2. The molecule has 2 aromatic rings. The molecule has 0 aromatic heterocycles. The third-order valence-electron chi connectivity index (χ3n) is 4.71. The van der Waals surface area contributed by atoms with Gasteiger partial charge in [0.2, 0.25) is 0 Å². The molecule has 23 heavy (non-hydrogen) atoms. The molecular weight excluding hydrogens is 310 g/mol. The number of carbonyl (C=O) groups excluding carboxylic acids is 1. The largest absolute Gasteiger partial charge is 0.449 e. The molecule has 0 N–H and O–H groups in total. The molecule has 1 atom stereocenters. The summed E-state index contributed by atoms with van der Waals surface area (Å²) in [6.07, 6.45) is 1.97. The molecule has 0 saturated carbocycles. The maximum absolute atomic E-state index is 12.2. The summed E-state index contributed by atoms with van der Waals surface area (Å²) in [6, 6.07) is 18.3. The molecule has 2 heterocycles. The first-order chi connectivity index (χ1) is 10.8. The lowest BCUT2D eigenvalue weighted by Crippen LogP contribution is -2.45. The van der Waals surface area contributed by atoms with Crippen LogP contribution in [0.3, 0.4) is 0 Å². The average Bonchev–Trinajstić information content (AvgIpc) is 2.81. The lowest BCUT2D eigenvalue weighted by atomic mass is 9.85. The van der Waals surface area contributed by atoms with Crippen LogP contribution >= 0.6 is 12.4 Å². The molecule has 3 nitrogen and oxygen atoms in total. The second-order valence-corrected chi connectivity index (χ2v) is 6.23. The van der Waals surface area contributed by atoms with Gasteiger partial charge in [-0.05, 0) is 31.0 Å². The smallest absolute Gasteiger partial charge is 0.339 e. The Morgan fingerprint density at radius 2 is 1.78 bits per heavy atom. The van der Waals surface area contributed by atoms with Gasteiger partial charge in [0.25, 0.3) is 0 Å². The predicted molar refractivity (Wildman–Crippen MR) is 91.7 cm³/mol. The van der Waals surface area contributed by atoms with Crippen molar-refractivity contribution in [1.82, 2.24) is 4.90 Å². The van der Waals surface area contributed by atoms with E-state index in [-0.39, 0.29) is 18.4 Å². The van der Waals surface area contributed by atoms with Crippen molar-refractivity contribution in [1.29, 1.82) is 0 Å². The summed E-state index contributed by atoms with van der Waals surface area (Å²) < 4.78 is 5.85. The van der Waals surface area contributed by atoms with Crippen LogP contribution in [-0.4, -0.2) is 24.0 Å². The van der Waals surface area contributed by atoms with Crippen molar-refractivity contribution in [2.75, 3.05) is 13.1 Å². The van der Waals surface area contributed by atoms with Crippen LogP contribution in [0, 0.1) is 0 Å². The van der Waals surface area contributed by atoms with E-state index < -0.39 is 5.60 Å². The molecule has 0 bridgehead atoms. The minimum atomic E-state index is -0.444. The molecule has 4 rings (SSSR count). The number of nitrogens with zero attached hydrogens (tertiary/aromatic N) is 1. The van der Waals surface area contributed by atoms with Gasteiger partial charge in [-0.15, -0.1) is 12.4 Å². The Balaban J connectivity index is 0.00000156. The molecule has 120 valence electrons. The van der Waals surface area contributed by atoms with Gasteiger partial charge in [-0.25, -0.2) is 4.79 Å². The van der Waals surface area contributed by atoms with E-state index in [0.29, 0.717) is 0 Å². The Bertz CT molecular complexity index is 704. The quantitative estimate of drug-likeness (QED) is 0.785. The van der Waals surface area contributed by atoms with E-state index in [2.05, 4.69) is 29.2 Å². The molecule has 1 fully saturated rings. The van der Waals surface area contributed by atoms with Gasteiger partial charge < -0.3 is 4.74 Å². The van der Waals surface area contributed by atoms with Gasteiger partial charge in [-0.2, -0.15) is 0 Å². The summed E-state index contributed by atoms with van der Waals surface area (Å²) >= 11 is 0. The average molecular weight is 330 g/mol. The zero-order valence-electron chi connectivity index (χ0n) is 12.9. The number of ether oxygens (including phenoxy) is 1. The number of fused-ring (bicyclic) bond motifs is 2. The number of likely N-dealkylation sites (tertiary alicyclic amines) is 1. The van der Waals surface area contributed by atoms with Crippen LogP contribution in [-0.2, 0) is 16.9 Å². The molecule has 0 radical (unpaired) electrons. The molecule has 1 spiro atoms. The second-order valence-electron chi connectivity index (χ2n) is 6.23. The monoisotopic (exact) mass is 329 g/mol. The first-order valence-corrected chi connectivity index (χ1v) is 7.86. The van der Waals surface area contributed by atoms with Crippen molar-refractivity contribution in [3.63, 3.8) is 0 Å². The SMILES string of the molecule is Cl.O=C1OC2(CCCN(Cc3ccccc3)C2)c2ccccc21. The van der Waals surface area contributed by atoms with Crippen LogP contribution in [0.15, 0.2) is 54.6 Å². The molecule has 1 saturated heterocycles. The van der Waals surface area contributed by atoms with Crippen molar-refractivity contribution < 1.29 is 9.53 Å². The highest BCUT2D eigenvalue weighted by molar-refractivity contribution is 5.94. The number of esters is 1. The van der Waals surface area contributed by atoms with E-state index >= 15 is 0 Å². The van der Waals surface area contributed by atoms with Gasteiger partial charge in [0.1, 0.15) is 0 Å². The maximum atomic E-state index is 12.2. The summed E-state index contributed by atoms with van der Waals surface area (Å²) in [4.78, 5) is 14.6. The van der Waals surface area contributed by atoms with E-state index in [9.17, 15) is 4.79 Å². The number of hydrogen-bond donors (Lipinski definition) is 0. The molecule has 4 heteroatoms.